The molecule has 0 spiro atoms. The van der Waals surface area contributed by atoms with Gasteiger partial charge >= 0.3 is 6.09 Å². The molecule has 16 heavy (non-hydrogen) atoms. The van der Waals surface area contributed by atoms with E-state index in [0.717, 1.165) is 0 Å². The predicted molar refractivity (Wildman–Crippen MR) is 61.0 cm³/mol. The highest BCUT2D eigenvalue weighted by atomic mass is 32.2. The van der Waals surface area contributed by atoms with Crippen molar-refractivity contribution in [1.82, 2.24) is 14.9 Å². The van der Waals surface area contributed by atoms with Crippen LogP contribution in [0.15, 0.2) is 0 Å². The first-order chi connectivity index (χ1) is 7.36. The van der Waals surface area contributed by atoms with E-state index >= 15 is 0 Å². The van der Waals surface area contributed by atoms with Gasteiger partial charge in [0.15, 0.2) is 0 Å². The Morgan fingerprint density at radius 1 is 1.25 bits per heavy atom. The molecule has 3 N–H and O–H groups in total. The second-order valence-corrected chi connectivity index (χ2v) is 5.74. The Morgan fingerprint density at radius 3 is 2.38 bits per heavy atom. The van der Waals surface area contributed by atoms with E-state index in [0.29, 0.717) is 26.1 Å². The lowest BCUT2D eigenvalue weighted by atomic mass is 10.4. The Morgan fingerprint density at radius 2 is 1.88 bits per heavy atom. The van der Waals surface area contributed by atoms with Crippen LogP contribution in [0, 0.1) is 0 Å². The molecule has 0 fully saturated rings. The van der Waals surface area contributed by atoms with E-state index in [9.17, 15) is 13.2 Å². The molecular formula is C8H19N3O4S. The molecule has 0 atom stereocenters. The lowest BCUT2D eigenvalue weighted by Crippen LogP contribution is -2.32. The van der Waals surface area contributed by atoms with E-state index in [2.05, 4.69) is 10.6 Å². The molecule has 7 nitrogen and oxygen atoms in total. The van der Waals surface area contributed by atoms with Crippen LogP contribution >= 0.6 is 0 Å². The number of rotatable bonds is 8. The van der Waals surface area contributed by atoms with Gasteiger partial charge in [-0.3, -0.25) is 0 Å². The molecule has 1 amide bonds. The number of hydrogen-bond donors (Lipinski definition) is 3. The standard InChI is InChI=1S/C8H19N3O4S/c1-11(2)16(14,15)7-6-9-4-3-5-10-8(12)13/h9-10H,3-7H2,1-2H3,(H,12,13). The van der Waals surface area contributed by atoms with E-state index in [4.69, 9.17) is 5.11 Å². The molecule has 0 aliphatic carbocycles. The number of nitrogens with one attached hydrogen (secondary N) is 2. The van der Waals surface area contributed by atoms with Crippen molar-refractivity contribution in [2.75, 3.05) is 39.5 Å². The highest BCUT2D eigenvalue weighted by molar-refractivity contribution is 7.89. The predicted octanol–water partition coefficient (Wildman–Crippen LogP) is -0.875. The number of sulfonamides is 1. The zero-order valence-electron chi connectivity index (χ0n) is 9.56. The summed E-state index contributed by atoms with van der Waals surface area (Å²) in [6, 6.07) is 0. The van der Waals surface area contributed by atoms with Crippen LogP contribution in [0.25, 0.3) is 0 Å². The summed E-state index contributed by atoms with van der Waals surface area (Å²) < 4.78 is 23.8. The van der Waals surface area contributed by atoms with Crippen molar-refractivity contribution in [3.63, 3.8) is 0 Å². The normalized spacial score (nSPS) is 11.7. The fraction of sp³-hybridized carbons (Fsp3) is 0.875. The molecule has 0 aromatic heterocycles. The molecule has 0 rings (SSSR count). The quantitative estimate of drug-likeness (QED) is 0.488. The summed E-state index contributed by atoms with van der Waals surface area (Å²) in [4.78, 5) is 10.1. The molecular weight excluding hydrogens is 234 g/mol. The first kappa shape index (κ1) is 15.1. The van der Waals surface area contributed by atoms with Crippen LogP contribution in [0.2, 0.25) is 0 Å². The van der Waals surface area contributed by atoms with Crippen LogP contribution < -0.4 is 10.6 Å². The van der Waals surface area contributed by atoms with Crippen LogP contribution in [0.5, 0.6) is 0 Å². The molecule has 96 valence electrons. The van der Waals surface area contributed by atoms with Gasteiger partial charge in [-0.25, -0.2) is 17.5 Å². The summed E-state index contributed by atoms with van der Waals surface area (Å²) >= 11 is 0. The zero-order valence-corrected chi connectivity index (χ0v) is 10.4. The minimum Gasteiger partial charge on any atom is -0.465 e. The van der Waals surface area contributed by atoms with Gasteiger partial charge in [0.05, 0.1) is 5.75 Å². The summed E-state index contributed by atoms with van der Waals surface area (Å²) in [6.45, 7) is 1.32. The second kappa shape index (κ2) is 7.42. The minimum atomic E-state index is -3.14. The number of carboxylic acid groups (broad SMARTS) is 1. The van der Waals surface area contributed by atoms with Crippen molar-refractivity contribution in [2.45, 2.75) is 6.42 Å². The molecule has 0 unspecified atom stereocenters. The third-order valence-electron chi connectivity index (χ3n) is 1.90. The van der Waals surface area contributed by atoms with E-state index in [1.54, 1.807) is 0 Å². The first-order valence-electron chi connectivity index (χ1n) is 4.94. The largest absolute Gasteiger partial charge is 0.465 e. The Balaban J connectivity index is 3.44. The SMILES string of the molecule is CN(C)S(=O)(=O)CCNCCCNC(=O)O. The monoisotopic (exact) mass is 253 g/mol. The molecule has 0 aromatic carbocycles. The van der Waals surface area contributed by atoms with Gasteiger partial charge in [-0.1, -0.05) is 0 Å². The van der Waals surface area contributed by atoms with Crippen molar-refractivity contribution in [3.05, 3.63) is 0 Å². The van der Waals surface area contributed by atoms with Crippen LogP contribution in [0.4, 0.5) is 4.79 Å². The molecule has 0 bridgehead atoms. The van der Waals surface area contributed by atoms with E-state index in [1.807, 2.05) is 0 Å². The summed E-state index contributed by atoms with van der Waals surface area (Å²) in [5.74, 6) is 0.0480. The molecule has 8 heteroatoms. The Hall–Kier alpha value is -0.860. The number of hydrogen-bond acceptors (Lipinski definition) is 4. The zero-order chi connectivity index (χ0) is 12.6. The van der Waals surface area contributed by atoms with Crippen molar-refractivity contribution >= 4 is 16.1 Å². The van der Waals surface area contributed by atoms with Crippen molar-refractivity contribution in [1.29, 1.82) is 0 Å². The number of amides is 1. The van der Waals surface area contributed by atoms with Gasteiger partial charge in [0.2, 0.25) is 10.0 Å². The average Bonchev–Trinajstić information content (AvgIpc) is 2.15. The third kappa shape index (κ3) is 7.43. The summed E-state index contributed by atoms with van der Waals surface area (Å²) in [6.07, 6.45) is -0.413. The molecule has 0 heterocycles. The summed E-state index contributed by atoms with van der Waals surface area (Å²) in [7, 11) is -0.159. The Labute approximate surface area is 95.9 Å². The van der Waals surface area contributed by atoms with Crippen LogP contribution in [-0.2, 0) is 10.0 Å². The van der Waals surface area contributed by atoms with Gasteiger partial charge in [0.25, 0.3) is 0 Å². The molecule has 0 aromatic rings. The fourth-order valence-electron chi connectivity index (χ4n) is 0.917. The average molecular weight is 253 g/mol. The molecule has 0 saturated carbocycles. The highest BCUT2D eigenvalue weighted by Crippen LogP contribution is 1.91. The molecule has 0 aliphatic heterocycles. The van der Waals surface area contributed by atoms with Crippen molar-refractivity contribution in [3.8, 4) is 0 Å². The minimum absolute atomic E-state index is 0.0480. The van der Waals surface area contributed by atoms with Crippen LogP contribution in [0.3, 0.4) is 0 Å². The topological polar surface area (TPSA) is 98.7 Å². The third-order valence-corrected chi connectivity index (χ3v) is 3.73. The Kier molecular flexibility index (Phi) is 7.02. The lowest BCUT2D eigenvalue weighted by Gasteiger charge is -2.11. The molecule has 0 saturated heterocycles. The van der Waals surface area contributed by atoms with Crippen molar-refractivity contribution in [2.24, 2.45) is 0 Å². The molecule has 0 radical (unpaired) electrons. The van der Waals surface area contributed by atoms with Crippen molar-refractivity contribution < 1.29 is 18.3 Å². The van der Waals surface area contributed by atoms with Gasteiger partial charge in [-0.2, -0.15) is 0 Å². The maximum absolute atomic E-state index is 11.3. The Bertz CT molecular complexity index is 302. The fourth-order valence-corrected chi connectivity index (χ4v) is 1.68. The van der Waals surface area contributed by atoms with Crippen LogP contribution in [0.1, 0.15) is 6.42 Å². The first-order valence-corrected chi connectivity index (χ1v) is 6.55. The van der Waals surface area contributed by atoms with E-state index in [1.165, 1.54) is 18.4 Å². The van der Waals surface area contributed by atoms with Gasteiger partial charge in [-0.15, -0.1) is 0 Å². The summed E-state index contributed by atoms with van der Waals surface area (Å²) in [5, 5.41) is 13.4. The van der Waals surface area contributed by atoms with Gasteiger partial charge in [0, 0.05) is 27.2 Å². The lowest BCUT2D eigenvalue weighted by molar-refractivity contribution is 0.194. The van der Waals surface area contributed by atoms with E-state index in [-0.39, 0.29) is 5.75 Å². The maximum Gasteiger partial charge on any atom is 0.404 e. The smallest absolute Gasteiger partial charge is 0.404 e. The maximum atomic E-state index is 11.3. The van der Waals surface area contributed by atoms with Crippen LogP contribution in [-0.4, -0.2) is 63.4 Å². The van der Waals surface area contributed by atoms with Gasteiger partial charge in [-0.05, 0) is 13.0 Å². The highest BCUT2D eigenvalue weighted by Gasteiger charge is 2.11. The van der Waals surface area contributed by atoms with E-state index < -0.39 is 16.1 Å². The number of nitrogens with zero attached hydrogens (tertiary/aromatic N) is 1. The number of carbonyl (C=O) groups is 1. The second-order valence-electron chi connectivity index (χ2n) is 3.43. The molecule has 0 aliphatic rings. The van der Waals surface area contributed by atoms with Gasteiger partial charge in [0.1, 0.15) is 0 Å². The van der Waals surface area contributed by atoms with Gasteiger partial charge < -0.3 is 15.7 Å². The summed E-state index contributed by atoms with van der Waals surface area (Å²) in [5.41, 5.74) is 0.